The van der Waals surface area contributed by atoms with E-state index in [-0.39, 0.29) is 11.1 Å². The van der Waals surface area contributed by atoms with Crippen LogP contribution >= 0.6 is 11.3 Å². The zero-order chi connectivity index (χ0) is 23.0. The number of hydrogen-bond acceptors (Lipinski definition) is 4. The third-order valence-electron chi connectivity index (χ3n) is 5.03. The smallest absolute Gasteiger partial charge is 0.273 e. The van der Waals surface area contributed by atoms with Gasteiger partial charge in [0.15, 0.2) is 5.57 Å². The Kier molecular flexibility index (Phi) is 6.93. The lowest BCUT2D eigenvalue weighted by Crippen LogP contribution is -2.34. The second-order valence-corrected chi connectivity index (χ2v) is 8.31. The fraction of sp³-hybridized carbons (Fsp3) is 0.0741. The maximum absolute atomic E-state index is 13.3. The van der Waals surface area contributed by atoms with Gasteiger partial charge < -0.3 is 5.32 Å². The Bertz CT molecular complexity index is 1470. The van der Waals surface area contributed by atoms with E-state index in [1.54, 1.807) is 18.2 Å². The Morgan fingerprint density at radius 3 is 2.18 bits per heavy atom. The molecule has 1 heterocycles. The predicted molar refractivity (Wildman–Crippen MR) is 131 cm³/mol. The van der Waals surface area contributed by atoms with E-state index < -0.39 is 5.91 Å². The van der Waals surface area contributed by atoms with Crippen molar-refractivity contribution in [3.05, 3.63) is 122 Å². The van der Waals surface area contributed by atoms with Gasteiger partial charge >= 0.3 is 0 Å². The number of nitriles is 1. The summed E-state index contributed by atoms with van der Waals surface area (Å²) in [6, 6.07) is 30.4. The molecule has 4 rings (SSSR count). The molecule has 0 unspecified atom stereocenters. The van der Waals surface area contributed by atoms with Gasteiger partial charge in [-0.25, -0.2) is 0 Å². The molecule has 0 fully saturated rings. The first kappa shape index (κ1) is 22.0. The molecule has 33 heavy (non-hydrogen) atoms. The van der Waals surface area contributed by atoms with Crippen molar-refractivity contribution < 1.29 is 4.79 Å². The number of benzene rings is 3. The Morgan fingerprint density at radius 1 is 0.939 bits per heavy atom. The van der Waals surface area contributed by atoms with Crippen molar-refractivity contribution in [2.75, 3.05) is 6.54 Å². The number of rotatable bonds is 6. The minimum absolute atomic E-state index is 0.0817. The highest BCUT2D eigenvalue weighted by atomic mass is 32.1. The number of amides is 1. The molecule has 5 nitrogen and oxygen atoms in total. The van der Waals surface area contributed by atoms with Crippen LogP contribution in [-0.4, -0.2) is 17.0 Å². The molecule has 6 heteroatoms. The van der Waals surface area contributed by atoms with E-state index >= 15 is 0 Å². The molecule has 0 saturated carbocycles. The summed E-state index contributed by atoms with van der Waals surface area (Å²) in [5.74, 6) is -0.495. The summed E-state index contributed by atoms with van der Waals surface area (Å²) >= 11 is 1.14. The summed E-state index contributed by atoms with van der Waals surface area (Å²) < 4.78 is 2.20. The zero-order valence-corrected chi connectivity index (χ0v) is 18.6. The van der Waals surface area contributed by atoms with Crippen LogP contribution in [0.5, 0.6) is 0 Å². The van der Waals surface area contributed by atoms with Crippen LogP contribution in [-0.2, 0) is 11.2 Å². The van der Waals surface area contributed by atoms with Crippen LogP contribution in [0.3, 0.4) is 0 Å². The summed E-state index contributed by atoms with van der Waals surface area (Å²) in [4.78, 5) is 26.3. The molecule has 0 radical (unpaired) electrons. The van der Waals surface area contributed by atoms with E-state index in [9.17, 15) is 14.9 Å². The van der Waals surface area contributed by atoms with E-state index in [2.05, 4.69) is 5.32 Å². The van der Waals surface area contributed by atoms with E-state index in [0.29, 0.717) is 27.8 Å². The molecule has 0 aliphatic heterocycles. The Hall–Kier alpha value is -4.21. The number of nitrogens with zero attached hydrogens (tertiary/aromatic N) is 2. The number of nitrogens with one attached hydrogen (secondary N) is 1. The average molecular weight is 452 g/mol. The standard InChI is InChI=1S/C27H21N3O2S/c28-19-23(25(31)29-17-16-20-10-4-1-5-11-20)27-30(22-14-8-3-9-15-22)26(32)24(33-27)18-21-12-6-2-7-13-21/h1-15,18H,16-17H2,(H,29,31). The van der Waals surface area contributed by atoms with Gasteiger partial charge in [0.05, 0.1) is 10.2 Å². The van der Waals surface area contributed by atoms with Crippen molar-refractivity contribution >= 4 is 28.9 Å². The number of carbonyl (C=O) groups is 1. The van der Waals surface area contributed by atoms with Gasteiger partial charge in [0.25, 0.3) is 11.5 Å². The van der Waals surface area contributed by atoms with Gasteiger partial charge in [-0.2, -0.15) is 5.26 Å². The molecule has 0 aliphatic rings. The first-order valence-electron chi connectivity index (χ1n) is 10.5. The lowest BCUT2D eigenvalue weighted by Gasteiger charge is -2.06. The Labute approximate surface area is 195 Å². The zero-order valence-electron chi connectivity index (χ0n) is 17.8. The van der Waals surface area contributed by atoms with Crippen molar-refractivity contribution in [2.24, 2.45) is 0 Å². The molecule has 1 amide bonds. The lowest BCUT2D eigenvalue weighted by atomic mass is 10.1. The number of para-hydroxylation sites is 1. The van der Waals surface area contributed by atoms with Crippen LogP contribution in [0, 0.1) is 11.3 Å². The van der Waals surface area contributed by atoms with Gasteiger partial charge in [-0.05, 0) is 35.8 Å². The topological polar surface area (TPSA) is 74.9 Å². The van der Waals surface area contributed by atoms with Gasteiger partial charge in [0.1, 0.15) is 10.7 Å². The SMILES string of the molecule is N#CC(C(=O)NCCc1ccccc1)=c1sc(=Cc2ccccc2)c(=O)n1-c1ccccc1. The van der Waals surface area contributed by atoms with Crippen molar-refractivity contribution in [3.8, 4) is 11.8 Å². The number of hydrogen-bond donors (Lipinski definition) is 1. The van der Waals surface area contributed by atoms with Gasteiger partial charge in [-0.15, -0.1) is 11.3 Å². The largest absolute Gasteiger partial charge is 0.351 e. The Balaban J connectivity index is 1.79. The van der Waals surface area contributed by atoms with Crippen LogP contribution in [0.1, 0.15) is 11.1 Å². The molecular weight excluding hydrogens is 430 g/mol. The minimum atomic E-state index is -0.495. The van der Waals surface area contributed by atoms with E-state index in [4.69, 9.17) is 0 Å². The highest BCUT2D eigenvalue weighted by Gasteiger charge is 2.16. The monoisotopic (exact) mass is 451 g/mol. The van der Waals surface area contributed by atoms with Crippen LogP contribution < -0.4 is 20.1 Å². The maximum atomic E-state index is 13.3. The molecule has 162 valence electrons. The summed E-state index contributed by atoms with van der Waals surface area (Å²) in [5.41, 5.74) is 2.21. The van der Waals surface area contributed by atoms with Gasteiger partial charge in [-0.1, -0.05) is 78.9 Å². The third-order valence-corrected chi connectivity index (χ3v) is 6.12. The normalized spacial score (nSPS) is 12.2. The molecule has 0 aliphatic carbocycles. The molecular formula is C27H21N3O2S. The first-order chi connectivity index (χ1) is 16.2. The molecule has 1 N–H and O–H groups in total. The number of thiazole rings is 1. The van der Waals surface area contributed by atoms with Crippen molar-refractivity contribution in [3.63, 3.8) is 0 Å². The average Bonchev–Trinajstić information content (AvgIpc) is 3.16. The molecule has 1 aromatic heterocycles. The fourth-order valence-electron chi connectivity index (χ4n) is 3.41. The quantitative estimate of drug-likeness (QED) is 0.490. The summed E-state index contributed by atoms with van der Waals surface area (Å²) in [5, 5.41) is 12.7. The molecule has 3 aromatic carbocycles. The Morgan fingerprint density at radius 2 is 1.55 bits per heavy atom. The van der Waals surface area contributed by atoms with Crippen LogP contribution in [0.2, 0.25) is 0 Å². The number of carbonyl (C=O) groups excluding carboxylic acids is 1. The van der Waals surface area contributed by atoms with Gasteiger partial charge in [0, 0.05) is 6.54 Å². The third kappa shape index (κ3) is 5.17. The fourth-order valence-corrected chi connectivity index (χ4v) is 4.51. The van der Waals surface area contributed by atoms with Crippen LogP contribution in [0.4, 0.5) is 0 Å². The highest BCUT2D eigenvalue weighted by Crippen LogP contribution is 2.05. The molecule has 4 aromatic rings. The summed E-state index contributed by atoms with van der Waals surface area (Å²) in [6.45, 7) is 0.387. The summed E-state index contributed by atoms with van der Waals surface area (Å²) in [6.07, 6.45) is 2.42. The van der Waals surface area contributed by atoms with Crippen molar-refractivity contribution in [1.29, 1.82) is 5.26 Å². The van der Waals surface area contributed by atoms with Crippen LogP contribution in [0.25, 0.3) is 17.3 Å². The van der Waals surface area contributed by atoms with Gasteiger partial charge in [-0.3, -0.25) is 14.2 Å². The van der Waals surface area contributed by atoms with Gasteiger partial charge in [0.2, 0.25) is 0 Å². The predicted octanol–water partition coefficient (Wildman–Crippen LogP) is 2.76. The summed E-state index contributed by atoms with van der Waals surface area (Å²) in [7, 11) is 0. The number of aromatic nitrogens is 1. The second-order valence-electron chi connectivity index (χ2n) is 7.28. The lowest BCUT2D eigenvalue weighted by molar-refractivity contribution is -0.115. The second kappa shape index (κ2) is 10.4. The maximum Gasteiger partial charge on any atom is 0.273 e. The van der Waals surface area contributed by atoms with E-state index in [0.717, 1.165) is 22.5 Å². The minimum Gasteiger partial charge on any atom is -0.351 e. The van der Waals surface area contributed by atoms with Crippen molar-refractivity contribution in [1.82, 2.24) is 9.88 Å². The van der Waals surface area contributed by atoms with E-state index in [1.165, 1.54) is 4.57 Å². The molecule has 0 atom stereocenters. The molecule has 0 saturated heterocycles. The first-order valence-corrected chi connectivity index (χ1v) is 11.3. The molecule has 0 bridgehead atoms. The molecule has 0 spiro atoms. The van der Waals surface area contributed by atoms with Crippen LogP contribution in [0.15, 0.2) is 95.8 Å². The van der Waals surface area contributed by atoms with E-state index in [1.807, 2.05) is 84.9 Å². The van der Waals surface area contributed by atoms with Crippen molar-refractivity contribution in [2.45, 2.75) is 6.42 Å². The highest BCUT2D eigenvalue weighted by molar-refractivity contribution is 7.07.